The molecule has 0 aliphatic carbocycles. The average Bonchev–Trinajstić information content (AvgIpc) is 2.32. The predicted molar refractivity (Wildman–Crippen MR) is 73.5 cm³/mol. The van der Waals surface area contributed by atoms with Gasteiger partial charge in [-0.05, 0) is 34.3 Å². The molecule has 0 aliphatic rings. The van der Waals surface area contributed by atoms with Crippen LogP contribution in [0.3, 0.4) is 0 Å². The molecule has 1 rings (SSSR count). The summed E-state index contributed by atoms with van der Waals surface area (Å²) in [5.74, 6) is -0.0721. The van der Waals surface area contributed by atoms with Gasteiger partial charge >= 0.3 is 5.97 Å². The zero-order valence-electron chi connectivity index (χ0n) is 10.9. The first-order chi connectivity index (χ1) is 8.45. The van der Waals surface area contributed by atoms with E-state index in [2.05, 4.69) is 15.9 Å². The van der Waals surface area contributed by atoms with Crippen molar-refractivity contribution in [2.24, 2.45) is 5.92 Å². The molecule has 1 aromatic heterocycles. The van der Waals surface area contributed by atoms with Crippen molar-refractivity contribution in [1.82, 2.24) is 4.57 Å². The summed E-state index contributed by atoms with van der Waals surface area (Å²) in [5, 5.41) is 0. The van der Waals surface area contributed by atoms with Crippen LogP contribution in [0.25, 0.3) is 0 Å². The molecular formula is C13H18BrNO3. The zero-order valence-corrected chi connectivity index (χ0v) is 12.4. The fourth-order valence-corrected chi connectivity index (χ4v) is 1.89. The van der Waals surface area contributed by atoms with Crippen LogP contribution in [0.4, 0.5) is 0 Å². The highest BCUT2D eigenvalue weighted by Crippen LogP contribution is 2.15. The molecule has 0 saturated heterocycles. The Bertz CT molecular complexity index is 468. The van der Waals surface area contributed by atoms with Gasteiger partial charge in [-0.3, -0.25) is 4.79 Å². The van der Waals surface area contributed by atoms with Gasteiger partial charge in [-0.1, -0.05) is 20.8 Å². The monoisotopic (exact) mass is 315 g/mol. The van der Waals surface area contributed by atoms with Crippen LogP contribution in [0.15, 0.2) is 27.6 Å². The third-order valence-corrected chi connectivity index (χ3v) is 2.92. The summed E-state index contributed by atoms with van der Waals surface area (Å²) >= 11 is 3.29. The smallest absolute Gasteiger partial charge is 0.329 e. The summed E-state index contributed by atoms with van der Waals surface area (Å²) in [6.45, 7) is 6.17. The van der Waals surface area contributed by atoms with Crippen LogP contribution in [-0.4, -0.2) is 17.1 Å². The molecule has 18 heavy (non-hydrogen) atoms. The molecule has 0 saturated carbocycles. The number of rotatable bonds is 5. The molecule has 100 valence electrons. The molecular weight excluding hydrogens is 298 g/mol. The number of hydrogen-bond acceptors (Lipinski definition) is 3. The van der Waals surface area contributed by atoms with Crippen LogP contribution >= 0.6 is 15.9 Å². The number of carbonyl (C=O) groups excluding carboxylic acids is 1. The number of esters is 1. The Morgan fingerprint density at radius 2 is 2.11 bits per heavy atom. The Hall–Kier alpha value is -1.10. The van der Waals surface area contributed by atoms with Crippen LogP contribution in [0.2, 0.25) is 0 Å². The fourth-order valence-electron chi connectivity index (χ4n) is 1.54. The van der Waals surface area contributed by atoms with Crippen molar-refractivity contribution in [3.05, 3.63) is 33.2 Å². The van der Waals surface area contributed by atoms with Crippen molar-refractivity contribution in [2.45, 2.75) is 33.2 Å². The Morgan fingerprint density at radius 3 is 2.67 bits per heavy atom. The normalized spacial score (nSPS) is 12.5. The van der Waals surface area contributed by atoms with Crippen molar-refractivity contribution in [3.63, 3.8) is 0 Å². The van der Waals surface area contributed by atoms with Crippen LogP contribution in [-0.2, 0) is 9.53 Å². The maximum Gasteiger partial charge on any atom is 0.329 e. The van der Waals surface area contributed by atoms with E-state index < -0.39 is 6.04 Å². The molecule has 1 unspecified atom stereocenters. The molecule has 0 radical (unpaired) electrons. The molecule has 1 atom stereocenters. The predicted octanol–water partition coefficient (Wildman–Crippen LogP) is 2.76. The lowest BCUT2D eigenvalue weighted by atomic mass is 10.2. The van der Waals surface area contributed by atoms with Gasteiger partial charge in [0.1, 0.15) is 6.04 Å². The van der Waals surface area contributed by atoms with Crippen molar-refractivity contribution in [1.29, 1.82) is 0 Å². The lowest BCUT2D eigenvalue weighted by Gasteiger charge is -2.18. The summed E-state index contributed by atoms with van der Waals surface area (Å²) in [7, 11) is 0. The standard InChI is InChI=1S/C13H18BrNO3/c1-4-11(13(17)18-8-9(2)3)15-7-10(14)5-6-12(15)16/h5-7,9,11H,4,8H2,1-3H3. The first kappa shape index (κ1) is 15.0. The molecule has 0 N–H and O–H groups in total. The summed E-state index contributed by atoms with van der Waals surface area (Å²) in [6.07, 6.45) is 2.14. The summed E-state index contributed by atoms with van der Waals surface area (Å²) in [5.41, 5.74) is -0.202. The Kier molecular flexibility index (Phi) is 5.59. The lowest BCUT2D eigenvalue weighted by Crippen LogP contribution is -2.30. The molecule has 0 spiro atoms. The van der Waals surface area contributed by atoms with Crippen LogP contribution in [0.1, 0.15) is 33.2 Å². The number of aromatic nitrogens is 1. The Morgan fingerprint density at radius 1 is 1.44 bits per heavy atom. The van der Waals surface area contributed by atoms with E-state index in [4.69, 9.17) is 4.74 Å². The van der Waals surface area contributed by atoms with Crippen molar-refractivity contribution >= 4 is 21.9 Å². The first-order valence-electron chi connectivity index (χ1n) is 6.00. The number of hydrogen-bond donors (Lipinski definition) is 0. The molecule has 5 heteroatoms. The van der Waals surface area contributed by atoms with Crippen LogP contribution in [0, 0.1) is 5.92 Å². The fraction of sp³-hybridized carbons (Fsp3) is 0.538. The molecule has 0 fully saturated rings. The van der Waals surface area contributed by atoms with E-state index in [9.17, 15) is 9.59 Å². The van der Waals surface area contributed by atoms with Gasteiger partial charge in [0.05, 0.1) is 6.61 Å². The van der Waals surface area contributed by atoms with E-state index in [1.165, 1.54) is 10.6 Å². The van der Waals surface area contributed by atoms with Gasteiger partial charge in [0.2, 0.25) is 0 Å². The number of pyridine rings is 1. The molecule has 1 aromatic rings. The van der Waals surface area contributed by atoms with E-state index in [1.54, 1.807) is 12.3 Å². The van der Waals surface area contributed by atoms with Gasteiger partial charge in [0.15, 0.2) is 0 Å². The maximum absolute atomic E-state index is 11.9. The molecule has 0 amide bonds. The summed E-state index contributed by atoms with van der Waals surface area (Å²) in [4.78, 5) is 23.7. The van der Waals surface area contributed by atoms with E-state index in [-0.39, 0.29) is 17.4 Å². The van der Waals surface area contributed by atoms with Gasteiger partial charge < -0.3 is 9.30 Å². The average molecular weight is 316 g/mol. The topological polar surface area (TPSA) is 48.3 Å². The third-order valence-electron chi connectivity index (χ3n) is 2.46. The number of carbonyl (C=O) groups is 1. The second-order valence-corrected chi connectivity index (χ2v) is 5.46. The van der Waals surface area contributed by atoms with Gasteiger partial charge in [-0.25, -0.2) is 4.79 Å². The highest BCUT2D eigenvalue weighted by atomic mass is 79.9. The maximum atomic E-state index is 11.9. The summed E-state index contributed by atoms with van der Waals surface area (Å²) in [6, 6.07) is 2.53. The molecule has 0 aliphatic heterocycles. The number of halogens is 1. The van der Waals surface area contributed by atoms with Gasteiger partial charge in [0, 0.05) is 16.7 Å². The van der Waals surface area contributed by atoms with Crippen LogP contribution in [0.5, 0.6) is 0 Å². The van der Waals surface area contributed by atoms with Crippen molar-refractivity contribution < 1.29 is 9.53 Å². The minimum atomic E-state index is -0.561. The van der Waals surface area contributed by atoms with Crippen molar-refractivity contribution in [3.8, 4) is 0 Å². The highest BCUT2D eigenvalue weighted by Gasteiger charge is 2.21. The minimum Gasteiger partial charge on any atom is -0.464 e. The largest absolute Gasteiger partial charge is 0.464 e. The van der Waals surface area contributed by atoms with Crippen LogP contribution < -0.4 is 5.56 Å². The Balaban J connectivity index is 2.92. The van der Waals surface area contributed by atoms with Gasteiger partial charge in [-0.15, -0.1) is 0 Å². The minimum absolute atomic E-state index is 0.202. The second kappa shape index (κ2) is 6.73. The van der Waals surface area contributed by atoms with E-state index in [0.29, 0.717) is 13.0 Å². The quantitative estimate of drug-likeness (QED) is 0.785. The second-order valence-electron chi connectivity index (χ2n) is 4.54. The number of ether oxygens (including phenoxy) is 1. The van der Waals surface area contributed by atoms with E-state index in [0.717, 1.165) is 4.47 Å². The van der Waals surface area contributed by atoms with Gasteiger partial charge in [-0.2, -0.15) is 0 Å². The molecule has 0 aromatic carbocycles. The molecule has 0 bridgehead atoms. The van der Waals surface area contributed by atoms with Crippen molar-refractivity contribution in [2.75, 3.05) is 6.61 Å². The summed E-state index contributed by atoms with van der Waals surface area (Å²) < 4.78 is 7.36. The third kappa shape index (κ3) is 3.98. The lowest BCUT2D eigenvalue weighted by molar-refractivity contribution is -0.149. The zero-order chi connectivity index (χ0) is 13.7. The number of nitrogens with zero attached hydrogens (tertiary/aromatic N) is 1. The SMILES string of the molecule is CCC(C(=O)OCC(C)C)n1cc(Br)ccc1=O. The highest BCUT2D eigenvalue weighted by molar-refractivity contribution is 9.10. The molecule has 1 heterocycles. The van der Waals surface area contributed by atoms with E-state index >= 15 is 0 Å². The van der Waals surface area contributed by atoms with Gasteiger partial charge in [0.25, 0.3) is 5.56 Å². The molecule has 4 nitrogen and oxygen atoms in total. The van der Waals surface area contributed by atoms with E-state index in [1.807, 2.05) is 20.8 Å². The Labute approximate surface area is 115 Å². The first-order valence-corrected chi connectivity index (χ1v) is 6.79.